The zero-order chi connectivity index (χ0) is 12.3. The van der Waals surface area contributed by atoms with Crippen LogP contribution in [0.3, 0.4) is 0 Å². The SMILES string of the molecule is CCCC(=O)c1ccc2c(c1)OC(C#N)CO2. The lowest BCUT2D eigenvalue weighted by Crippen LogP contribution is -2.27. The Kier molecular flexibility index (Phi) is 3.29. The molecular weight excluding hydrogens is 218 g/mol. The van der Waals surface area contributed by atoms with Crippen LogP contribution in [0.1, 0.15) is 30.1 Å². The molecule has 1 unspecified atom stereocenters. The second kappa shape index (κ2) is 4.88. The average Bonchev–Trinajstić information content (AvgIpc) is 2.37. The van der Waals surface area contributed by atoms with Gasteiger partial charge in [0.2, 0.25) is 6.10 Å². The lowest BCUT2D eigenvalue weighted by atomic mass is 10.1. The summed E-state index contributed by atoms with van der Waals surface area (Å²) in [5.74, 6) is 1.15. The molecule has 0 aliphatic carbocycles. The van der Waals surface area contributed by atoms with Gasteiger partial charge in [-0.2, -0.15) is 5.26 Å². The van der Waals surface area contributed by atoms with Crippen molar-refractivity contribution in [2.45, 2.75) is 25.9 Å². The molecule has 4 nitrogen and oxygen atoms in total. The summed E-state index contributed by atoms with van der Waals surface area (Å²) in [5.41, 5.74) is 0.604. The van der Waals surface area contributed by atoms with Gasteiger partial charge in [-0.15, -0.1) is 0 Å². The molecule has 0 aromatic heterocycles. The molecule has 0 saturated carbocycles. The molecule has 0 fully saturated rings. The second-order valence-corrected chi connectivity index (χ2v) is 3.88. The minimum Gasteiger partial charge on any atom is -0.485 e. The van der Waals surface area contributed by atoms with Crippen LogP contribution in [0.15, 0.2) is 18.2 Å². The predicted molar refractivity (Wildman–Crippen MR) is 61.2 cm³/mol. The van der Waals surface area contributed by atoms with E-state index in [0.29, 0.717) is 23.5 Å². The summed E-state index contributed by atoms with van der Waals surface area (Å²) in [7, 11) is 0. The molecule has 1 aromatic rings. The van der Waals surface area contributed by atoms with Crippen LogP contribution in [0.4, 0.5) is 0 Å². The maximum atomic E-state index is 11.7. The number of benzene rings is 1. The summed E-state index contributed by atoms with van der Waals surface area (Å²) in [5, 5.41) is 8.76. The number of hydrogen-bond donors (Lipinski definition) is 0. The number of Topliss-reactive ketones (excluding diaryl/α,β-unsaturated/α-hetero) is 1. The van der Waals surface area contributed by atoms with Gasteiger partial charge in [0.1, 0.15) is 12.7 Å². The number of rotatable bonds is 3. The largest absolute Gasteiger partial charge is 0.485 e. The van der Waals surface area contributed by atoms with Crippen LogP contribution in [-0.2, 0) is 0 Å². The fourth-order valence-electron chi connectivity index (χ4n) is 1.68. The van der Waals surface area contributed by atoms with E-state index in [2.05, 4.69) is 0 Å². The molecule has 1 atom stereocenters. The van der Waals surface area contributed by atoms with E-state index in [0.717, 1.165) is 6.42 Å². The second-order valence-electron chi connectivity index (χ2n) is 3.88. The molecule has 2 rings (SSSR count). The number of ketones is 1. The monoisotopic (exact) mass is 231 g/mol. The van der Waals surface area contributed by atoms with Crippen LogP contribution >= 0.6 is 0 Å². The minimum atomic E-state index is -0.598. The van der Waals surface area contributed by atoms with E-state index >= 15 is 0 Å². The first kappa shape index (κ1) is 11.5. The number of fused-ring (bicyclic) bond motifs is 1. The Hall–Kier alpha value is -2.02. The van der Waals surface area contributed by atoms with Gasteiger partial charge in [0.05, 0.1) is 0 Å². The van der Waals surface area contributed by atoms with Crippen molar-refractivity contribution in [2.75, 3.05) is 6.61 Å². The molecular formula is C13H13NO3. The summed E-state index contributed by atoms with van der Waals surface area (Å²) >= 11 is 0. The number of nitriles is 1. The molecule has 0 radical (unpaired) electrons. The van der Waals surface area contributed by atoms with Gasteiger partial charge < -0.3 is 9.47 Å². The molecule has 0 bridgehead atoms. The molecule has 0 spiro atoms. The number of ether oxygens (including phenoxy) is 2. The summed E-state index contributed by atoms with van der Waals surface area (Å²) in [6.45, 7) is 2.19. The Morgan fingerprint density at radius 2 is 2.35 bits per heavy atom. The number of carbonyl (C=O) groups is 1. The molecule has 4 heteroatoms. The highest BCUT2D eigenvalue weighted by molar-refractivity contribution is 5.96. The highest BCUT2D eigenvalue weighted by atomic mass is 16.6. The third-order valence-corrected chi connectivity index (χ3v) is 2.55. The van der Waals surface area contributed by atoms with Crippen molar-refractivity contribution in [3.05, 3.63) is 23.8 Å². The van der Waals surface area contributed by atoms with E-state index in [1.165, 1.54) is 0 Å². The number of nitrogens with zero attached hydrogens (tertiary/aromatic N) is 1. The summed E-state index contributed by atoms with van der Waals surface area (Å²) in [4.78, 5) is 11.7. The van der Waals surface area contributed by atoms with Gasteiger partial charge >= 0.3 is 0 Å². The van der Waals surface area contributed by atoms with E-state index in [9.17, 15) is 4.79 Å². The van der Waals surface area contributed by atoms with Crippen LogP contribution in [0, 0.1) is 11.3 Å². The molecule has 1 heterocycles. The molecule has 1 aromatic carbocycles. The third-order valence-electron chi connectivity index (χ3n) is 2.55. The van der Waals surface area contributed by atoms with Crippen LogP contribution in [0.25, 0.3) is 0 Å². The van der Waals surface area contributed by atoms with Crippen molar-refractivity contribution in [1.29, 1.82) is 5.26 Å². The summed E-state index contributed by atoms with van der Waals surface area (Å²) in [6, 6.07) is 7.08. The lowest BCUT2D eigenvalue weighted by molar-refractivity contribution is 0.0978. The summed E-state index contributed by atoms with van der Waals surface area (Å²) in [6.07, 6.45) is 0.731. The zero-order valence-corrected chi connectivity index (χ0v) is 9.60. The first-order valence-corrected chi connectivity index (χ1v) is 5.61. The third kappa shape index (κ3) is 2.39. The molecule has 1 aliphatic rings. The summed E-state index contributed by atoms with van der Waals surface area (Å²) < 4.78 is 10.8. The first-order valence-electron chi connectivity index (χ1n) is 5.61. The molecule has 1 aliphatic heterocycles. The molecule has 0 N–H and O–H groups in total. The maximum absolute atomic E-state index is 11.7. The van der Waals surface area contributed by atoms with Gasteiger partial charge in [0.25, 0.3) is 0 Å². The zero-order valence-electron chi connectivity index (χ0n) is 9.60. The van der Waals surface area contributed by atoms with Crippen LogP contribution in [0.2, 0.25) is 0 Å². The highest BCUT2D eigenvalue weighted by Gasteiger charge is 2.21. The van der Waals surface area contributed by atoms with Crippen molar-refractivity contribution >= 4 is 5.78 Å². The van der Waals surface area contributed by atoms with Crippen molar-refractivity contribution in [3.8, 4) is 17.6 Å². The normalized spacial score (nSPS) is 17.3. The smallest absolute Gasteiger partial charge is 0.218 e. The molecule has 17 heavy (non-hydrogen) atoms. The fraction of sp³-hybridized carbons (Fsp3) is 0.385. The number of hydrogen-bond acceptors (Lipinski definition) is 4. The van der Waals surface area contributed by atoms with Crippen molar-refractivity contribution in [2.24, 2.45) is 0 Å². The van der Waals surface area contributed by atoms with Gasteiger partial charge in [-0.3, -0.25) is 4.79 Å². The Morgan fingerprint density at radius 3 is 3.06 bits per heavy atom. The lowest BCUT2D eigenvalue weighted by Gasteiger charge is -2.22. The Balaban J connectivity index is 2.24. The maximum Gasteiger partial charge on any atom is 0.218 e. The first-order chi connectivity index (χ1) is 8.24. The Morgan fingerprint density at radius 1 is 1.53 bits per heavy atom. The van der Waals surface area contributed by atoms with E-state index in [1.54, 1.807) is 18.2 Å². The van der Waals surface area contributed by atoms with Crippen molar-refractivity contribution in [1.82, 2.24) is 0 Å². The standard InChI is InChI=1S/C13H13NO3/c1-2-3-11(15)9-4-5-12-13(6-9)17-10(7-14)8-16-12/h4-6,10H,2-3,8H2,1H3. The van der Waals surface area contributed by atoms with Crippen LogP contribution in [0.5, 0.6) is 11.5 Å². The quantitative estimate of drug-likeness (QED) is 0.749. The molecule has 0 amide bonds. The van der Waals surface area contributed by atoms with E-state index in [-0.39, 0.29) is 12.4 Å². The van der Waals surface area contributed by atoms with Crippen molar-refractivity contribution < 1.29 is 14.3 Å². The average molecular weight is 231 g/mol. The van der Waals surface area contributed by atoms with Crippen LogP contribution in [-0.4, -0.2) is 18.5 Å². The predicted octanol–water partition coefficient (Wildman–Crippen LogP) is 2.33. The van der Waals surface area contributed by atoms with Gasteiger partial charge in [0, 0.05) is 12.0 Å². The molecule has 0 saturated heterocycles. The Bertz CT molecular complexity index is 476. The van der Waals surface area contributed by atoms with Crippen molar-refractivity contribution in [3.63, 3.8) is 0 Å². The van der Waals surface area contributed by atoms with E-state index in [1.807, 2.05) is 13.0 Å². The minimum absolute atomic E-state index is 0.0815. The topological polar surface area (TPSA) is 59.3 Å². The van der Waals surface area contributed by atoms with E-state index < -0.39 is 6.10 Å². The number of carbonyl (C=O) groups excluding carboxylic acids is 1. The van der Waals surface area contributed by atoms with E-state index in [4.69, 9.17) is 14.7 Å². The van der Waals surface area contributed by atoms with Gasteiger partial charge in [-0.25, -0.2) is 0 Å². The Labute approximate surface area is 99.8 Å². The molecule has 88 valence electrons. The highest BCUT2D eigenvalue weighted by Crippen LogP contribution is 2.32. The van der Waals surface area contributed by atoms with Crippen LogP contribution < -0.4 is 9.47 Å². The fourth-order valence-corrected chi connectivity index (χ4v) is 1.68. The van der Waals surface area contributed by atoms with Gasteiger partial charge in [0.15, 0.2) is 17.3 Å². The van der Waals surface area contributed by atoms with Gasteiger partial charge in [-0.05, 0) is 24.6 Å². The van der Waals surface area contributed by atoms with Gasteiger partial charge in [-0.1, -0.05) is 6.92 Å².